The molecule has 3 rings (SSSR count). The summed E-state index contributed by atoms with van der Waals surface area (Å²) >= 11 is 0. The number of hydrogen-bond acceptors (Lipinski definition) is 2. The first-order chi connectivity index (χ1) is 12.2. The number of aryl methyl sites for hydroxylation is 2. The average Bonchev–Trinajstić information content (AvgIpc) is 2.67. The minimum absolute atomic E-state index is 0.165. The van der Waals surface area contributed by atoms with Gasteiger partial charge in [0.15, 0.2) is 0 Å². The van der Waals surface area contributed by atoms with Crippen LogP contribution in [0.2, 0.25) is 0 Å². The molecule has 1 saturated heterocycles. The van der Waals surface area contributed by atoms with Gasteiger partial charge in [0.05, 0.1) is 0 Å². The van der Waals surface area contributed by atoms with Gasteiger partial charge in [-0.1, -0.05) is 48.0 Å². The van der Waals surface area contributed by atoms with Crippen LogP contribution in [0.5, 0.6) is 0 Å². The van der Waals surface area contributed by atoms with E-state index in [0.717, 1.165) is 45.3 Å². The van der Waals surface area contributed by atoms with Gasteiger partial charge in [0.2, 0.25) is 5.91 Å². The average molecular weight is 336 g/mol. The van der Waals surface area contributed by atoms with Crippen LogP contribution in [0, 0.1) is 12.8 Å². The molecule has 0 unspecified atom stereocenters. The summed E-state index contributed by atoms with van der Waals surface area (Å²) in [6.07, 6.45) is 3.90. The topological polar surface area (TPSA) is 32.3 Å². The summed E-state index contributed by atoms with van der Waals surface area (Å²) in [6.45, 7) is 4.81. The number of nitrogens with one attached hydrogen (secondary N) is 1. The van der Waals surface area contributed by atoms with Crippen molar-refractivity contribution in [1.82, 2.24) is 5.32 Å². The van der Waals surface area contributed by atoms with Crippen molar-refractivity contribution in [3.05, 3.63) is 65.7 Å². The fraction of sp³-hybridized carbons (Fsp3) is 0.409. The Balaban J connectivity index is 1.37. The maximum atomic E-state index is 12.4. The molecule has 0 atom stereocenters. The van der Waals surface area contributed by atoms with Crippen LogP contribution in [0.15, 0.2) is 54.6 Å². The highest BCUT2D eigenvalue weighted by Gasteiger charge is 2.24. The van der Waals surface area contributed by atoms with Gasteiger partial charge in [-0.05, 0) is 50.3 Å². The highest BCUT2D eigenvalue weighted by molar-refractivity contribution is 5.79. The predicted molar refractivity (Wildman–Crippen MR) is 104 cm³/mol. The fourth-order valence-corrected chi connectivity index (χ4v) is 3.45. The Morgan fingerprint density at radius 1 is 1.04 bits per heavy atom. The van der Waals surface area contributed by atoms with Gasteiger partial charge in [0.1, 0.15) is 0 Å². The minimum Gasteiger partial charge on any atom is -0.371 e. The molecule has 1 aliphatic heterocycles. The summed E-state index contributed by atoms with van der Waals surface area (Å²) in [5.74, 6) is 0.398. The number of piperidine rings is 1. The molecule has 132 valence electrons. The number of hydrogen-bond donors (Lipinski definition) is 1. The van der Waals surface area contributed by atoms with E-state index in [-0.39, 0.29) is 11.8 Å². The van der Waals surface area contributed by atoms with E-state index >= 15 is 0 Å². The maximum Gasteiger partial charge on any atom is 0.223 e. The highest BCUT2D eigenvalue weighted by Crippen LogP contribution is 2.23. The molecule has 1 aliphatic rings. The zero-order valence-corrected chi connectivity index (χ0v) is 15.1. The van der Waals surface area contributed by atoms with Crippen LogP contribution in [0.3, 0.4) is 0 Å². The third-order valence-corrected chi connectivity index (χ3v) is 5.05. The first kappa shape index (κ1) is 17.5. The fourth-order valence-electron chi connectivity index (χ4n) is 3.45. The summed E-state index contributed by atoms with van der Waals surface area (Å²) in [7, 11) is 0. The first-order valence-corrected chi connectivity index (χ1v) is 9.35. The molecule has 0 radical (unpaired) electrons. The Bertz CT molecular complexity index is 658. The Kier molecular flexibility index (Phi) is 6.10. The van der Waals surface area contributed by atoms with Gasteiger partial charge in [-0.15, -0.1) is 0 Å². The summed E-state index contributed by atoms with van der Waals surface area (Å²) in [6, 6.07) is 19.1. The Labute approximate surface area is 151 Å². The number of benzene rings is 2. The first-order valence-electron chi connectivity index (χ1n) is 9.35. The molecule has 0 aliphatic carbocycles. The Hall–Kier alpha value is -2.29. The second kappa shape index (κ2) is 8.70. The van der Waals surface area contributed by atoms with Crippen LogP contribution in [0.1, 0.15) is 30.4 Å². The summed E-state index contributed by atoms with van der Waals surface area (Å²) in [5.41, 5.74) is 3.89. The molecule has 1 N–H and O–H groups in total. The molecule has 1 fully saturated rings. The zero-order chi connectivity index (χ0) is 17.5. The van der Waals surface area contributed by atoms with Crippen molar-refractivity contribution in [2.45, 2.75) is 32.6 Å². The van der Waals surface area contributed by atoms with Crippen LogP contribution >= 0.6 is 0 Å². The normalized spacial score (nSPS) is 15.2. The zero-order valence-electron chi connectivity index (χ0n) is 15.1. The van der Waals surface area contributed by atoms with Crippen molar-refractivity contribution in [3.63, 3.8) is 0 Å². The summed E-state index contributed by atoms with van der Waals surface area (Å²) in [4.78, 5) is 14.8. The standard InChI is InChI=1S/C22H28N2O/c1-18-9-11-21(12-10-18)24-16-13-20(14-17-24)22(25)23-15-5-8-19-6-3-2-4-7-19/h2-4,6-7,9-12,20H,5,8,13-17H2,1H3,(H,23,25). The molecule has 0 saturated carbocycles. The van der Waals surface area contributed by atoms with E-state index in [0.29, 0.717) is 0 Å². The quantitative estimate of drug-likeness (QED) is 0.810. The van der Waals surface area contributed by atoms with Crippen LogP contribution in [-0.4, -0.2) is 25.5 Å². The van der Waals surface area contributed by atoms with Crippen LogP contribution in [-0.2, 0) is 11.2 Å². The monoisotopic (exact) mass is 336 g/mol. The molecule has 2 aromatic rings. The molecule has 3 nitrogen and oxygen atoms in total. The van der Waals surface area contributed by atoms with Crippen molar-refractivity contribution in [1.29, 1.82) is 0 Å². The molecule has 1 heterocycles. The summed E-state index contributed by atoms with van der Waals surface area (Å²) in [5, 5.41) is 3.13. The van der Waals surface area contributed by atoms with Crippen molar-refractivity contribution in [3.8, 4) is 0 Å². The SMILES string of the molecule is Cc1ccc(N2CCC(C(=O)NCCCc3ccccc3)CC2)cc1. The van der Waals surface area contributed by atoms with Crippen molar-refractivity contribution in [2.75, 3.05) is 24.5 Å². The lowest BCUT2D eigenvalue weighted by molar-refractivity contribution is -0.125. The smallest absolute Gasteiger partial charge is 0.223 e. The predicted octanol–water partition coefficient (Wildman–Crippen LogP) is 3.96. The highest BCUT2D eigenvalue weighted by atomic mass is 16.1. The van der Waals surface area contributed by atoms with E-state index in [4.69, 9.17) is 0 Å². The van der Waals surface area contributed by atoms with Crippen LogP contribution in [0.25, 0.3) is 0 Å². The Morgan fingerprint density at radius 2 is 1.72 bits per heavy atom. The number of nitrogens with zero attached hydrogens (tertiary/aromatic N) is 1. The molecule has 0 spiro atoms. The minimum atomic E-state index is 0.165. The van der Waals surface area contributed by atoms with Gasteiger partial charge in [-0.25, -0.2) is 0 Å². The number of rotatable bonds is 6. The van der Waals surface area contributed by atoms with E-state index in [1.807, 2.05) is 6.07 Å². The van der Waals surface area contributed by atoms with E-state index < -0.39 is 0 Å². The van der Waals surface area contributed by atoms with Gasteiger partial charge in [-0.2, -0.15) is 0 Å². The molecular weight excluding hydrogens is 308 g/mol. The van der Waals surface area contributed by atoms with Crippen LogP contribution in [0.4, 0.5) is 5.69 Å². The number of amides is 1. The van der Waals surface area contributed by atoms with Crippen molar-refractivity contribution < 1.29 is 4.79 Å². The van der Waals surface area contributed by atoms with E-state index in [2.05, 4.69) is 65.7 Å². The summed E-state index contributed by atoms with van der Waals surface area (Å²) < 4.78 is 0. The van der Waals surface area contributed by atoms with Gasteiger partial charge < -0.3 is 10.2 Å². The molecule has 25 heavy (non-hydrogen) atoms. The van der Waals surface area contributed by atoms with Gasteiger partial charge in [0, 0.05) is 31.2 Å². The van der Waals surface area contributed by atoms with E-state index in [1.165, 1.54) is 16.8 Å². The molecule has 1 amide bonds. The molecule has 0 aromatic heterocycles. The van der Waals surface area contributed by atoms with E-state index in [9.17, 15) is 4.79 Å². The Morgan fingerprint density at radius 3 is 2.40 bits per heavy atom. The van der Waals surface area contributed by atoms with Gasteiger partial charge >= 0.3 is 0 Å². The largest absolute Gasteiger partial charge is 0.371 e. The van der Waals surface area contributed by atoms with Crippen molar-refractivity contribution >= 4 is 11.6 Å². The lowest BCUT2D eigenvalue weighted by Crippen LogP contribution is -2.40. The molecule has 0 bridgehead atoms. The third-order valence-electron chi connectivity index (χ3n) is 5.05. The second-order valence-electron chi connectivity index (χ2n) is 6.98. The molecule has 3 heteroatoms. The third kappa shape index (κ3) is 5.09. The lowest BCUT2D eigenvalue weighted by Gasteiger charge is -2.33. The lowest BCUT2D eigenvalue weighted by atomic mass is 9.95. The second-order valence-corrected chi connectivity index (χ2v) is 6.98. The molecule has 2 aromatic carbocycles. The van der Waals surface area contributed by atoms with Crippen LogP contribution < -0.4 is 10.2 Å². The van der Waals surface area contributed by atoms with Gasteiger partial charge in [0.25, 0.3) is 0 Å². The molecular formula is C22H28N2O. The number of carbonyl (C=O) groups excluding carboxylic acids is 1. The number of carbonyl (C=O) groups is 1. The van der Waals surface area contributed by atoms with Gasteiger partial charge in [-0.3, -0.25) is 4.79 Å². The van der Waals surface area contributed by atoms with Crippen molar-refractivity contribution in [2.24, 2.45) is 5.92 Å². The van der Waals surface area contributed by atoms with E-state index in [1.54, 1.807) is 0 Å². The number of anilines is 1. The maximum absolute atomic E-state index is 12.4.